The number of hydrogen-bond donors (Lipinski definition) is 1. The van der Waals surface area contributed by atoms with Crippen molar-refractivity contribution in [3.05, 3.63) is 0 Å². The summed E-state index contributed by atoms with van der Waals surface area (Å²) in [6.07, 6.45) is 6.29. The largest absolute Gasteiger partial charge is 0.480 e. The van der Waals surface area contributed by atoms with Gasteiger partial charge < -0.3 is 5.11 Å². The van der Waals surface area contributed by atoms with Crippen molar-refractivity contribution in [1.29, 1.82) is 0 Å². The van der Waals surface area contributed by atoms with E-state index in [1.165, 1.54) is 12.8 Å². The van der Waals surface area contributed by atoms with Crippen LogP contribution in [-0.4, -0.2) is 21.6 Å². The van der Waals surface area contributed by atoms with Gasteiger partial charge in [-0.15, -0.1) is 11.8 Å². The molecular weight excluding hydrogens is 208 g/mol. The zero-order valence-electron chi connectivity index (χ0n) is 9.79. The summed E-state index contributed by atoms with van der Waals surface area (Å²) in [6.45, 7) is 4.30. The average molecular weight is 230 g/mol. The van der Waals surface area contributed by atoms with Gasteiger partial charge in [0.05, 0.1) is 0 Å². The van der Waals surface area contributed by atoms with Crippen LogP contribution in [0.5, 0.6) is 0 Å². The summed E-state index contributed by atoms with van der Waals surface area (Å²) in [4.78, 5) is 11.4. The molecule has 1 aliphatic rings. The standard InChI is InChI=1S/C12H22O2S/c1-10(2)9-15-12(11(13)14)7-5-3-4-6-8-12/h10H,3-9H2,1-2H3,(H,13,14). The maximum atomic E-state index is 11.4. The second kappa shape index (κ2) is 5.78. The van der Waals surface area contributed by atoms with Crippen LogP contribution in [0.4, 0.5) is 0 Å². The average Bonchev–Trinajstić information content (AvgIpc) is 2.40. The molecule has 2 nitrogen and oxygen atoms in total. The Morgan fingerprint density at radius 3 is 2.20 bits per heavy atom. The van der Waals surface area contributed by atoms with E-state index >= 15 is 0 Å². The van der Waals surface area contributed by atoms with E-state index in [4.69, 9.17) is 0 Å². The molecule has 0 aliphatic heterocycles. The maximum absolute atomic E-state index is 11.4. The second-order valence-corrected chi connectivity index (χ2v) is 6.32. The highest BCUT2D eigenvalue weighted by Crippen LogP contribution is 2.39. The van der Waals surface area contributed by atoms with Crippen molar-refractivity contribution < 1.29 is 9.90 Å². The van der Waals surface area contributed by atoms with Gasteiger partial charge in [-0.05, 0) is 24.5 Å². The Morgan fingerprint density at radius 1 is 1.27 bits per heavy atom. The number of carbonyl (C=O) groups is 1. The van der Waals surface area contributed by atoms with E-state index in [-0.39, 0.29) is 0 Å². The molecule has 0 spiro atoms. The minimum absolute atomic E-state index is 0.471. The number of thioether (sulfide) groups is 1. The first kappa shape index (κ1) is 12.9. The predicted molar refractivity (Wildman–Crippen MR) is 65.4 cm³/mol. The van der Waals surface area contributed by atoms with Crippen LogP contribution in [0.3, 0.4) is 0 Å². The lowest BCUT2D eigenvalue weighted by atomic mass is 9.99. The fraction of sp³-hybridized carbons (Fsp3) is 0.917. The summed E-state index contributed by atoms with van der Waals surface area (Å²) in [5.41, 5.74) is 0. The summed E-state index contributed by atoms with van der Waals surface area (Å²) in [5.74, 6) is 0.955. The molecule has 15 heavy (non-hydrogen) atoms. The van der Waals surface area contributed by atoms with Crippen LogP contribution in [-0.2, 0) is 4.79 Å². The molecule has 1 aliphatic carbocycles. The van der Waals surface area contributed by atoms with Crippen molar-refractivity contribution in [2.24, 2.45) is 5.92 Å². The van der Waals surface area contributed by atoms with Gasteiger partial charge in [0.2, 0.25) is 0 Å². The van der Waals surface area contributed by atoms with Crippen LogP contribution >= 0.6 is 11.8 Å². The Hall–Kier alpha value is -0.180. The molecule has 1 N–H and O–H groups in total. The molecule has 0 aromatic carbocycles. The Morgan fingerprint density at radius 2 is 1.80 bits per heavy atom. The number of carboxylic acid groups (broad SMARTS) is 1. The Kier molecular flexibility index (Phi) is 4.97. The highest BCUT2D eigenvalue weighted by molar-refractivity contribution is 8.01. The Balaban J connectivity index is 2.63. The number of aliphatic carboxylic acids is 1. The molecule has 0 bridgehead atoms. The lowest BCUT2D eigenvalue weighted by molar-refractivity contribution is -0.140. The zero-order chi connectivity index (χ0) is 11.3. The van der Waals surface area contributed by atoms with E-state index in [0.717, 1.165) is 31.4 Å². The molecule has 0 aromatic rings. The molecule has 0 unspecified atom stereocenters. The van der Waals surface area contributed by atoms with Gasteiger partial charge in [0, 0.05) is 0 Å². The van der Waals surface area contributed by atoms with Gasteiger partial charge in [-0.1, -0.05) is 39.5 Å². The fourth-order valence-corrected chi connectivity index (χ4v) is 3.40. The summed E-state index contributed by atoms with van der Waals surface area (Å²) in [6, 6.07) is 0. The number of carboxylic acids is 1. The van der Waals surface area contributed by atoms with Gasteiger partial charge in [-0.3, -0.25) is 4.79 Å². The van der Waals surface area contributed by atoms with Gasteiger partial charge in [-0.2, -0.15) is 0 Å². The van der Waals surface area contributed by atoms with E-state index in [2.05, 4.69) is 13.8 Å². The van der Waals surface area contributed by atoms with Crippen molar-refractivity contribution >= 4 is 17.7 Å². The molecule has 88 valence electrons. The first-order chi connectivity index (χ1) is 7.07. The smallest absolute Gasteiger partial charge is 0.319 e. The van der Waals surface area contributed by atoms with Gasteiger partial charge >= 0.3 is 5.97 Å². The third-order valence-electron chi connectivity index (χ3n) is 2.99. The summed E-state index contributed by atoms with van der Waals surface area (Å²) >= 11 is 1.67. The molecule has 1 saturated carbocycles. The quantitative estimate of drug-likeness (QED) is 0.750. The first-order valence-corrected chi connectivity index (χ1v) is 6.93. The van der Waals surface area contributed by atoms with Crippen molar-refractivity contribution in [3.8, 4) is 0 Å². The monoisotopic (exact) mass is 230 g/mol. The molecular formula is C12H22O2S. The van der Waals surface area contributed by atoms with Crippen molar-refractivity contribution in [2.45, 2.75) is 57.1 Å². The molecule has 0 radical (unpaired) electrons. The molecule has 0 atom stereocenters. The van der Waals surface area contributed by atoms with Gasteiger partial charge in [0.15, 0.2) is 0 Å². The fourth-order valence-electron chi connectivity index (χ4n) is 2.05. The molecule has 0 amide bonds. The zero-order valence-corrected chi connectivity index (χ0v) is 10.6. The molecule has 0 heterocycles. The number of hydrogen-bond acceptors (Lipinski definition) is 2. The predicted octanol–water partition coefficient (Wildman–Crippen LogP) is 3.55. The first-order valence-electron chi connectivity index (χ1n) is 5.94. The van der Waals surface area contributed by atoms with Crippen LogP contribution in [0.2, 0.25) is 0 Å². The summed E-state index contributed by atoms with van der Waals surface area (Å²) in [5, 5.41) is 9.41. The molecule has 1 fully saturated rings. The molecule has 3 heteroatoms. The third-order valence-corrected chi connectivity index (χ3v) is 4.96. The number of rotatable bonds is 4. The summed E-state index contributed by atoms with van der Waals surface area (Å²) in [7, 11) is 0. The minimum atomic E-state index is -0.588. The lowest BCUT2D eigenvalue weighted by Crippen LogP contribution is -2.35. The van der Waals surface area contributed by atoms with Crippen LogP contribution < -0.4 is 0 Å². The van der Waals surface area contributed by atoms with Crippen LogP contribution in [0.1, 0.15) is 52.4 Å². The topological polar surface area (TPSA) is 37.3 Å². The molecule has 0 saturated heterocycles. The maximum Gasteiger partial charge on any atom is 0.319 e. The van der Waals surface area contributed by atoms with Crippen LogP contribution in [0.25, 0.3) is 0 Å². The van der Waals surface area contributed by atoms with Crippen LogP contribution in [0, 0.1) is 5.92 Å². The lowest BCUT2D eigenvalue weighted by Gasteiger charge is -2.28. The Bertz CT molecular complexity index is 206. The van der Waals surface area contributed by atoms with Crippen LogP contribution in [0.15, 0.2) is 0 Å². The van der Waals surface area contributed by atoms with E-state index in [9.17, 15) is 9.90 Å². The van der Waals surface area contributed by atoms with Crippen molar-refractivity contribution in [1.82, 2.24) is 0 Å². The van der Waals surface area contributed by atoms with Crippen molar-refractivity contribution in [3.63, 3.8) is 0 Å². The molecule has 0 aromatic heterocycles. The minimum Gasteiger partial charge on any atom is -0.480 e. The molecule has 1 rings (SSSR count). The van der Waals surface area contributed by atoms with E-state index in [1.54, 1.807) is 11.8 Å². The second-order valence-electron chi connectivity index (χ2n) is 4.92. The van der Waals surface area contributed by atoms with E-state index < -0.39 is 10.7 Å². The van der Waals surface area contributed by atoms with E-state index in [0.29, 0.717) is 5.92 Å². The highest BCUT2D eigenvalue weighted by atomic mass is 32.2. The summed E-state index contributed by atoms with van der Waals surface area (Å²) < 4.78 is -0.471. The highest BCUT2D eigenvalue weighted by Gasteiger charge is 2.39. The van der Waals surface area contributed by atoms with Gasteiger partial charge in [-0.25, -0.2) is 0 Å². The van der Waals surface area contributed by atoms with Gasteiger partial charge in [0.1, 0.15) is 4.75 Å². The normalized spacial score (nSPS) is 21.3. The Labute approximate surface area is 96.8 Å². The van der Waals surface area contributed by atoms with E-state index in [1.807, 2.05) is 0 Å². The van der Waals surface area contributed by atoms with Crippen molar-refractivity contribution in [2.75, 3.05) is 5.75 Å². The van der Waals surface area contributed by atoms with Gasteiger partial charge in [0.25, 0.3) is 0 Å². The third kappa shape index (κ3) is 3.71. The SMILES string of the molecule is CC(C)CSC1(C(=O)O)CCCCCC1.